The summed E-state index contributed by atoms with van der Waals surface area (Å²) in [5, 5.41) is 3.26. The number of aromatic nitrogens is 1. The third kappa shape index (κ3) is 1.79. The molecule has 0 radical (unpaired) electrons. The van der Waals surface area contributed by atoms with Crippen molar-refractivity contribution in [2.24, 2.45) is 0 Å². The third-order valence-corrected chi connectivity index (χ3v) is 2.68. The van der Waals surface area contributed by atoms with Crippen LogP contribution in [-0.2, 0) is 4.74 Å². The number of carbonyl (C=O) groups is 1. The van der Waals surface area contributed by atoms with E-state index in [-0.39, 0.29) is 5.97 Å². The maximum absolute atomic E-state index is 11.3. The third-order valence-electron chi connectivity index (χ3n) is 2.68. The first-order valence-electron chi connectivity index (χ1n) is 5.05. The van der Waals surface area contributed by atoms with Crippen LogP contribution >= 0.6 is 0 Å². The summed E-state index contributed by atoms with van der Waals surface area (Å²) in [4.78, 5) is 15.6. The van der Waals surface area contributed by atoms with Crippen molar-refractivity contribution >= 4 is 11.7 Å². The topological polar surface area (TPSA) is 51.2 Å². The van der Waals surface area contributed by atoms with Crippen molar-refractivity contribution in [1.29, 1.82) is 0 Å². The summed E-state index contributed by atoms with van der Waals surface area (Å²) in [6.45, 7) is 3.08. The molecule has 0 saturated carbocycles. The summed E-state index contributed by atoms with van der Waals surface area (Å²) in [6, 6.07) is 3.58. The maximum atomic E-state index is 11.3. The Morgan fingerprint density at radius 1 is 1.60 bits per heavy atom. The van der Waals surface area contributed by atoms with Crippen molar-refractivity contribution in [3.8, 4) is 0 Å². The van der Waals surface area contributed by atoms with Crippen LogP contribution in [0.15, 0.2) is 12.1 Å². The van der Waals surface area contributed by atoms with Gasteiger partial charge in [0.15, 0.2) is 0 Å². The highest BCUT2D eigenvalue weighted by molar-refractivity contribution is 5.87. The molecule has 4 nitrogen and oxygen atoms in total. The van der Waals surface area contributed by atoms with Gasteiger partial charge in [0, 0.05) is 12.5 Å². The van der Waals surface area contributed by atoms with Gasteiger partial charge in [0.1, 0.15) is 5.69 Å². The van der Waals surface area contributed by atoms with Crippen molar-refractivity contribution in [1.82, 2.24) is 4.98 Å². The lowest BCUT2D eigenvalue weighted by Gasteiger charge is -2.22. The molecule has 4 heteroatoms. The molecule has 0 aromatic carbocycles. The minimum atomic E-state index is -0.379. The zero-order valence-corrected chi connectivity index (χ0v) is 8.91. The molecule has 15 heavy (non-hydrogen) atoms. The van der Waals surface area contributed by atoms with Gasteiger partial charge in [0.2, 0.25) is 0 Å². The van der Waals surface area contributed by atoms with Crippen LogP contribution in [0.1, 0.15) is 35.4 Å². The summed E-state index contributed by atoms with van der Waals surface area (Å²) in [6.07, 6.45) is 1.05. The van der Waals surface area contributed by atoms with Crippen LogP contribution in [0.3, 0.4) is 0 Å². The van der Waals surface area contributed by atoms with Crippen LogP contribution in [0, 0.1) is 0 Å². The van der Waals surface area contributed by atoms with Crippen LogP contribution in [0.25, 0.3) is 0 Å². The van der Waals surface area contributed by atoms with Crippen molar-refractivity contribution in [2.45, 2.75) is 19.3 Å². The Labute approximate surface area is 88.7 Å². The average Bonchev–Trinajstić information content (AvgIpc) is 2.28. The Balaban J connectivity index is 2.39. The van der Waals surface area contributed by atoms with E-state index in [1.165, 1.54) is 7.11 Å². The first-order valence-corrected chi connectivity index (χ1v) is 5.05. The quantitative estimate of drug-likeness (QED) is 0.712. The number of nitrogens with zero attached hydrogens (tertiary/aromatic N) is 1. The number of carbonyl (C=O) groups excluding carboxylic acids is 1. The molecule has 80 valence electrons. The van der Waals surface area contributed by atoms with E-state index in [2.05, 4.69) is 22.0 Å². The molecular weight excluding hydrogens is 192 g/mol. The molecule has 2 heterocycles. The highest BCUT2D eigenvalue weighted by Gasteiger charge is 2.19. The Bertz CT molecular complexity index is 390. The summed E-state index contributed by atoms with van der Waals surface area (Å²) >= 11 is 0. The van der Waals surface area contributed by atoms with Crippen LogP contribution in [0.2, 0.25) is 0 Å². The van der Waals surface area contributed by atoms with Crippen LogP contribution in [-0.4, -0.2) is 24.6 Å². The number of fused-ring (bicyclic) bond motifs is 1. The van der Waals surface area contributed by atoms with Crippen molar-refractivity contribution < 1.29 is 9.53 Å². The number of rotatable bonds is 1. The monoisotopic (exact) mass is 206 g/mol. The average molecular weight is 206 g/mol. The van der Waals surface area contributed by atoms with Gasteiger partial charge in [0.05, 0.1) is 18.5 Å². The summed E-state index contributed by atoms with van der Waals surface area (Å²) in [5.74, 6) is 0.0152. The van der Waals surface area contributed by atoms with Gasteiger partial charge in [0.25, 0.3) is 0 Å². The Hall–Kier alpha value is -1.58. The van der Waals surface area contributed by atoms with Gasteiger partial charge < -0.3 is 10.1 Å². The predicted octanol–water partition coefficient (Wildman–Crippen LogP) is 1.79. The van der Waals surface area contributed by atoms with E-state index in [1.54, 1.807) is 6.07 Å². The van der Waals surface area contributed by atoms with Gasteiger partial charge in [-0.25, -0.2) is 9.78 Å². The Morgan fingerprint density at radius 3 is 3.13 bits per heavy atom. The summed E-state index contributed by atoms with van der Waals surface area (Å²) < 4.78 is 4.64. The molecule has 2 rings (SSSR count). The lowest BCUT2D eigenvalue weighted by atomic mass is 9.98. The smallest absolute Gasteiger partial charge is 0.356 e. The second kappa shape index (κ2) is 3.88. The first kappa shape index (κ1) is 9.96. The van der Waals surface area contributed by atoms with Gasteiger partial charge in [-0.15, -0.1) is 0 Å². The second-order valence-electron chi connectivity index (χ2n) is 3.74. The standard InChI is InChI=1S/C11H14N2O2/c1-7-5-6-12-8-3-4-9(11(14)15-2)13-10(7)8/h3-4,7,12H,5-6H2,1-2H3. The molecule has 1 aliphatic rings. The van der Waals surface area contributed by atoms with E-state index in [9.17, 15) is 4.79 Å². The number of hydrogen-bond donors (Lipinski definition) is 1. The highest BCUT2D eigenvalue weighted by Crippen LogP contribution is 2.29. The zero-order valence-electron chi connectivity index (χ0n) is 8.91. The number of methoxy groups -OCH3 is 1. The van der Waals surface area contributed by atoms with Crippen molar-refractivity contribution in [3.63, 3.8) is 0 Å². The Morgan fingerprint density at radius 2 is 2.40 bits per heavy atom. The number of esters is 1. The van der Waals surface area contributed by atoms with E-state index in [0.29, 0.717) is 11.6 Å². The van der Waals surface area contributed by atoms with Gasteiger partial charge in [-0.2, -0.15) is 0 Å². The molecule has 0 saturated heterocycles. The van der Waals surface area contributed by atoms with Gasteiger partial charge >= 0.3 is 5.97 Å². The van der Waals surface area contributed by atoms with Gasteiger partial charge in [-0.1, -0.05) is 6.92 Å². The minimum absolute atomic E-state index is 0.379. The van der Waals surface area contributed by atoms with Gasteiger partial charge in [-0.3, -0.25) is 0 Å². The molecule has 1 atom stereocenters. The molecule has 0 spiro atoms. The van der Waals surface area contributed by atoms with E-state index in [0.717, 1.165) is 24.3 Å². The van der Waals surface area contributed by atoms with Gasteiger partial charge in [-0.05, 0) is 18.6 Å². The fraction of sp³-hybridized carbons (Fsp3) is 0.455. The molecule has 1 N–H and O–H groups in total. The number of pyridine rings is 1. The molecule has 0 aliphatic carbocycles. The molecule has 0 amide bonds. The first-order chi connectivity index (χ1) is 7.22. The zero-order chi connectivity index (χ0) is 10.8. The summed E-state index contributed by atoms with van der Waals surface area (Å²) in [7, 11) is 1.37. The number of anilines is 1. The predicted molar refractivity (Wildman–Crippen MR) is 57.1 cm³/mol. The Kier molecular flexibility index (Phi) is 2.58. The number of hydrogen-bond acceptors (Lipinski definition) is 4. The molecule has 0 fully saturated rings. The number of nitrogens with one attached hydrogen (secondary N) is 1. The summed E-state index contributed by atoms with van der Waals surface area (Å²) in [5.41, 5.74) is 2.37. The normalized spacial score (nSPS) is 18.9. The second-order valence-corrected chi connectivity index (χ2v) is 3.74. The molecule has 1 unspecified atom stereocenters. The molecule has 1 aromatic rings. The van der Waals surface area contributed by atoms with Crippen molar-refractivity contribution in [2.75, 3.05) is 19.0 Å². The molecule has 1 aromatic heterocycles. The molecule has 1 aliphatic heterocycles. The fourth-order valence-corrected chi connectivity index (χ4v) is 1.78. The molecular formula is C11H14N2O2. The van der Waals surface area contributed by atoms with E-state index in [1.807, 2.05) is 6.07 Å². The minimum Gasteiger partial charge on any atom is -0.464 e. The van der Waals surface area contributed by atoms with Crippen molar-refractivity contribution in [3.05, 3.63) is 23.5 Å². The lowest BCUT2D eigenvalue weighted by Crippen LogP contribution is -2.18. The maximum Gasteiger partial charge on any atom is 0.356 e. The SMILES string of the molecule is COC(=O)c1ccc2c(n1)C(C)CCN2. The van der Waals surface area contributed by atoms with Crippen LogP contribution < -0.4 is 5.32 Å². The lowest BCUT2D eigenvalue weighted by molar-refractivity contribution is 0.0593. The van der Waals surface area contributed by atoms with Crippen LogP contribution in [0.5, 0.6) is 0 Å². The van der Waals surface area contributed by atoms with E-state index < -0.39 is 0 Å². The van der Waals surface area contributed by atoms with E-state index >= 15 is 0 Å². The number of ether oxygens (including phenoxy) is 1. The van der Waals surface area contributed by atoms with Crippen LogP contribution in [0.4, 0.5) is 5.69 Å². The largest absolute Gasteiger partial charge is 0.464 e. The molecule has 0 bridgehead atoms. The fourth-order valence-electron chi connectivity index (χ4n) is 1.78. The highest BCUT2D eigenvalue weighted by atomic mass is 16.5. The van der Waals surface area contributed by atoms with E-state index in [4.69, 9.17) is 0 Å².